The molecule has 5 heteroatoms. The number of amides is 1. The van der Waals surface area contributed by atoms with E-state index in [1.165, 1.54) is 17.0 Å². The number of benzene rings is 1. The minimum absolute atomic E-state index is 0.0671. The first-order chi connectivity index (χ1) is 9.65. The van der Waals surface area contributed by atoms with Crippen LogP contribution in [0.2, 0.25) is 0 Å². The number of carbonyl (C=O) groups is 2. The number of carboxylic acid groups (broad SMARTS) is 1. The molecule has 1 aliphatic heterocycles. The minimum atomic E-state index is -1.07. The van der Waals surface area contributed by atoms with Crippen LogP contribution in [-0.2, 0) is 4.79 Å². The second-order valence-electron chi connectivity index (χ2n) is 4.18. The normalized spacial score (nSPS) is 14.3. The fraction of sp³-hybridized carbons (Fsp3) is 0.200. The van der Waals surface area contributed by atoms with Gasteiger partial charge in [0, 0.05) is 6.08 Å². The summed E-state index contributed by atoms with van der Waals surface area (Å²) in [6.45, 7) is 2.54. The Kier molecular flexibility index (Phi) is 4.20. The van der Waals surface area contributed by atoms with Crippen LogP contribution in [0.3, 0.4) is 0 Å². The molecule has 1 aliphatic rings. The van der Waals surface area contributed by atoms with E-state index < -0.39 is 5.97 Å². The first-order valence-corrected chi connectivity index (χ1v) is 6.25. The first-order valence-electron chi connectivity index (χ1n) is 6.25. The second kappa shape index (κ2) is 6.06. The molecule has 104 valence electrons. The molecular weight excluding hydrogens is 258 g/mol. The van der Waals surface area contributed by atoms with Crippen molar-refractivity contribution in [2.75, 3.05) is 18.1 Å². The van der Waals surface area contributed by atoms with Gasteiger partial charge in [0.15, 0.2) is 5.75 Å². The maximum Gasteiger partial charge on any atom is 0.339 e. The zero-order valence-corrected chi connectivity index (χ0v) is 11.1. The summed E-state index contributed by atoms with van der Waals surface area (Å²) in [6.07, 6.45) is 6.67. The van der Waals surface area contributed by atoms with Crippen LogP contribution < -0.4 is 9.64 Å². The predicted octanol–water partition coefficient (Wildman–Crippen LogP) is 2.24. The molecule has 0 unspecified atom stereocenters. The molecule has 5 nitrogen and oxygen atoms in total. The lowest BCUT2D eigenvalue weighted by molar-refractivity contribution is -0.114. The lowest BCUT2D eigenvalue weighted by Crippen LogP contribution is -2.37. The third-order valence-electron chi connectivity index (χ3n) is 2.89. The van der Waals surface area contributed by atoms with E-state index in [1.54, 1.807) is 24.3 Å². The van der Waals surface area contributed by atoms with Gasteiger partial charge in [-0.05, 0) is 19.1 Å². The van der Waals surface area contributed by atoms with E-state index in [-0.39, 0.29) is 23.8 Å². The minimum Gasteiger partial charge on any atom is -0.489 e. The van der Waals surface area contributed by atoms with Crippen LogP contribution in [0.15, 0.2) is 42.5 Å². The first kappa shape index (κ1) is 13.9. The summed E-state index contributed by atoms with van der Waals surface area (Å²) in [5, 5.41) is 9.13. The van der Waals surface area contributed by atoms with Gasteiger partial charge in [-0.1, -0.05) is 24.3 Å². The van der Waals surface area contributed by atoms with E-state index in [9.17, 15) is 9.59 Å². The molecule has 1 heterocycles. The highest BCUT2D eigenvalue weighted by atomic mass is 16.5. The van der Waals surface area contributed by atoms with Crippen molar-refractivity contribution in [1.29, 1.82) is 0 Å². The number of hydrogen-bond donors (Lipinski definition) is 1. The summed E-state index contributed by atoms with van der Waals surface area (Å²) < 4.78 is 5.41. The molecule has 0 aromatic heterocycles. The number of carbonyl (C=O) groups excluding carboxylic acids is 1. The predicted molar refractivity (Wildman–Crippen MR) is 75.2 cm³/mol. The zero-order valence-electron chi connectivity index (χ0n) is 11.1. The van der Waals surface area contributed by atoms with Crippen molar-refractivity contribution in [3.05, 3.63) is 48.1 Å². The summed E-state index contributed by atoms with van der Waals surface area (Å²) >= 11 is 0. The van der Waals surface area contributed by atoms with Crippen LogP contribution in [-0.4, -0.2) is 30.1 Å². The standard InChI is InChI=1S/C15H15NO4/c1-2-3-4-8-13(17)16-9-10-20-14-11(15(18)19)6-5-7-12(14)16/h2-8H,9-10H2,1H3,(H,18,19)/b3-2+,8-4?. The second-order valence-corrected chi connectivity index (χ2v) is 4.18. The number of ether oxygens (including phenoxy) is 1. The van der Waals surface area contributed by atoms with Crippen molar-refractivity contribution >= 4 is 17.6 Å². The molecule has 1 aromatic carbocycles. The average molecular weight is 273 g/mol. The van der Waals surface area contributed by atoms with Crippen LogP contribution in [0, 0.1) is 0 Å². The SMILES string of the molecule is C/C=C/C=CC(=O)N1CCOc2c(C(=O)O)cccc21. The summed E-state index contributed by atoms with van der Waals surface area (Å²) in [5.41, 5.74) is 0.559. The van der Waals surface area contributed by atoms with Crippen LogP contribution in [0.25, 0.3) is 0 Å². The molecule has 0 radical (unpaired) electrons. The summed E-state index contributed by atoms with van der Waals surface area (Å²) in [7, 11) is 0. The molecule has 20 heavy (non-hydrogen) atoms. The van der Waals surface area contributed by atoms with Gasteiger partial charge < -0.3 is 14.7 Å². The Balaban J connectivity index is 2.36. The largest absolute Gasteiger partial charge is 0.489 e. The van der Waals surface area contributed by atoms with Crippen molar-refractivity contribution in [3.8, 4) is 5.75 Å². The van der Waals surface area contributed by atoms with E-state index in [1.807, 2.05) is 13.0 Å². The highest BCUT2D eigenvalue weighted by Crippen LogP contribution is 2.35. The van der Waals surface area contributed by atoms with Crippen molar-refractivity contribution < 1.29 is 19.4 Å². The molecule has 1 aromatic rings. The highest BCUT2D eigenvalue weighted by Gasteiger charge is 2.26. The number of anilines is 1. The topological polar surface area (TPSA) is 66.8 Å². The molecule has 1 amide bonds. The monoisotopic (exact) mass is 273 g/mol. The molecule has 0 spiro atoms. The molecular formula is C15H15NO4. The van der Waals surface area contributed by atoms with Crippen LogP contribution >= 0.6 is 0 Å². The van der Waals surface area contributed by atoms with E-state index in [0.29, 0.717) is 12.2 Å². The van der Waals surface area contributed by atoms with Gasteiger partial charge in [0.1, 0.15) is 12.2 Å². The Morgan fingerprint density at radius 1 is 1.35 bits per heavy atom. The van der Waals surface area contributed by atoms with E-state index >= 15 is 0 Å². The maximum absolute atomic E-state index is 12.1. The van der Waals surface area contributed by atoms with Crippen LogP contribution in [0.4, 0.5) is 5.69 Å². The molecule has 0 saturated carbocycles. The fourth-order valence-electron chi connectivity index (χ4n) is 1.98. The number of aromatic carboxylic acids is 1. The van der Waals surface area contributed by atoms with Crippen molar-refractivity contribution in [3.63, 3.8) is 0 Å². The van der Waals surface area contributed by atoms with Gasteiger partial charge in [-0.25, -0.2) is 4.79 Å². The quantitative estimate of drug-likeness (QED) is 0.677. The Morgan fingerprint density at radius 2 is 2.15 bits per heavy atom. The van der Waals surface area contributed by atoms with Crippen LogP contribution in [0.1, 0.15) is 17.3 Å². The third kappa shape index (κ3) is 2.71. The van der Waals surface area contributed by atoms with Gasteiger partial charge in [0.05, 0.1) is 12.2 Å². The van der Waals surface area contributed by atoms with Crippen molar-refractivity contribution in [2.24, 2.45) is 0 Å². The van der Waals surface area contributed by atoms with E-state index in [4.69, 9.17) is 9.84 Å². The van der Waals surface area contributed by atoms with Crippen LogP contribution in [0.5, 0.6) is 5.75 Å². The lowest BCUT2D eigenvalue weighted by Gasteiger charge is -2.29. The molecule has 0 bridgehead atoms. The number of hydrogen-bond acceptors (Lipinski definition) is 3. The summed E-state index contributed by atoms with van der Waals surface area (Å²) in [4.78, 5) is 24.8. The number of allylic oxidation sites excluding steroid dienone is 3. The molecule has 0 aliphatic carbocycles. The van der Waals surface area contributed by atoms with E-state index in [0.717, 1.165) is 0 Å². The molecule has 0 fully saturated rings. The Morgan fingerprint density at radius 3 is 2.85 bits per heavy atom. The number of nitrogens with zero attached hydrogens (tertiary/aromatic N) is 1. The fourth-order valence-corrected chi connectivity index (χ4v) is 1.98. The molecule has 1 N–H and O–H groups in total. The Bertz CT molecular complexity index is 590. The van der Waals surface area contributed by atoms with Gasteiger partial charge >= 0.3 is 5.97 Å². The number of para-hydroxylation sites is 1. The van der Waals surface area contributed by atoms with Crippen molar-refractivity contribution in [2.45, 2.75) is 6.92 Å². The number of rotatable bonds is 3. The van der Waals surface area contributed by atoms with Gasteiger partial charge in [0.25, 0.3) is 5.91 Å². The molecule has 2 rings (SSSR count). The number of carboxylic acids is 1. The van der Waals surface area contributed by atoms with E-state index in [2.05, 4.69) is 0 Å². The third-order valence-corrected chi connectivity index (χ3v) is 2.89. The lowest BCUT2D eigenvalue weighted by atomic mass is 10.1. The van der Waals surface area contributed by atoms with Gasteiger partial charge in [-0.2, -0.15) is 0 Å². The highest BCUT2D eigenvalue weighted by molar-refractivity contribution is 6.04. The summed E-state index contributed by atoms with van der Waals surface area (Å²) in [5.74, 6) is -1.02. The van der Waals surface area contributed by atoms with Gasteiger partial charge in [-0.15, -0.1) is 0 Å². The Labute approximate surface area is 116 Å². The Hall–Kier alpha value is -2.56. The molecule has 0 atom stereocenters. The zero-order chi connectivity index (χ0) is 14.5. The van der Waals surface area contributed by atoms with Gasteiger partial charge in [0.2, 0.25) is 0 Å². The summed E-state index contributed by atoms with van der Waals surface area (Å²) in [6, 6.07) is 4.75. The maximum atomic E-state index is 12.1. The molecule has 0 saturated heterocycles. The smallest absolute Gasteiger partial charge is 0.339 e. The average Bonchev–Trinajstić information content (AvgIpc) is 2.46. The van der Waals surface area contributed by atoms with Gasteiger partial charge in [-0.3, -0.25) is 4.79 Å². The number of fused-ring (bicyclic) bond motifs is 1. The van der Waals surface area contributed by atoms with Crippen molar-refractivity contribution in [1.82, 2.24) is 0 Å².